The zero-order valence-corrected chi connectivity index (χ0v) is 14.8. The van der Waals surface area contributed by atoms with Crippen molar-refractivity contribution in [1.29, 1.82) is 0 Å². The van der Waals surface area contributed by atoms with Crippen LogP contribution in [0.3, 0.4) is 0 Å². The minimum atomic E-state index is -0.449. The molecule has 0 unspecified atom stereocenters. The first kappa shape index (κ1) is 16.4. The lowest BCUT2D eigenvalue weighted by Gasteiger charge is -2.33. The lowest BCUT2D eigenvalue weighted by molar-refractivity contribution is -0.130. The number of hydrogen-bond donors (Lipinski definition) is 2. The fraction of sp³-hybridized carbons (Fsp3) is 0.556. The number of amides is 2. The molecule has 1 aliphatic heterocycles. The fourth-order valence-corrected chi connectivity index (χ4v) is 3.90. The van der Waals surface area contributed by atoms with E-state index in [0.29, 0.717) is 5.75 Å². The molecule has 1 aromatic rings. The summed E-state index contributed by atoms with van der Waals surface area (Å²) in [4.78, 5) is 24.6. The Balaban J connectivity index is 1.62. The summed E-state index contributed by atoms with van der Waals surface area (Å²) in [5.41, 5.74) is 2.43. The van der Waals surface area contributed by atoms with Crippen molar-refractivity contribution in [2.45, 2.75) is 56.4 Å². The van der Waals surface area contributed by atoms with Crippen LogP contribution in [0.5, 0.6) is 0 Å². The number of carbonyl (C=O) groups excluding carboxylic acids is 2. The summed E-state index contributed by atoms with van der Waals surface area (Å²) in [5, 5.41) is 6.05. The highest BCUT2D eigenvalue weighted by Gasteiger charge is 2.46. The van der Waals surface area contributed by atoms with Crippen molar-refractivity contribution >= 4 is 23.6 Å². The van der Waals surface area contributed by atoms with E-state index >= 15 is 0 Å². The van der Waals surface area contributed by atoms with E-state index in [9.17, 15) is 9.59 Å². The monoisotopic (exact) mass is 332 g/mol. The van der Waals surface area contributed by atoms with E-state index in [1.807, 2.05) is 26.0 Å². The van der Waals surface area contributed by atoms with Gasteiger partial charge in [0.1, 0.15) is 6.04 Å². The molecule has 0 bridgehead atoms. The Bertz CT molecular complexity index is 638. The molecule has 1 atom stereocenters. The lowest BCUT2D eigenvalue weighted by atomic mass is 9.99. The van der Waals surface area contributed by atoms with E-state index in [0.717, 1.165) is 19.3 Å². The number of aryl methyl sites for hydroxylation is 1. The van der Waals surface area contributed by atoms with Crippen LogP contribution in [0.25, 0.3) is 0 Å². The van der Waals surface area contributed by atoms with Gasteiger partial charge in [-0.1, -0.05) is 24.3 Å². The number of carbonyl (C=O) groups is 2. The van der Waals surface area contributed by atoms with Crippen molar-refractivity contribution in [1.82, 2.24) is 10.6 Å². The fourth-order valence-electron chi connectivity index (χ4n) is 2.89. The molecule has 0 radical (unpaired) electrons. The van der Waals surface area contributed by atoms with Gasteiger partial charge in [-0.3, -0.25) is 9.59 Å². The number of benzene rings is 1. The summed E-state index contributed by atoms with van der Waals surface area (Å²) >= 11 is 1.54. The Morgan fingerprint density at radius 3 is 2.65 bits per heavy atom. The first-order valence-corrected chi connectivity index (χ1v) is 9.11. The molecule has 0 spiro atoms. The third-order valence-corrected chi connectivity index (χ3v) is 6.22. The average Bonchev–Trinajstić information content (AvgIpc) is 3.24. The maximum absolute atomic E-state index is 12.5. The molecule has 124 valence electrons. The minimum Gasteiger partial charge on any atom is -0.349 e. The van der Waals surface area contributed by atoms with Crippen molar-refractivity contribution in [3.63, 3.8) is 0 Å². The van der Waals surface area contributed by atoms with Gasteiger partial charge in [0.05, 0.1) is 4.75 Å². The Morgan fingerprint density at radius 1 is 1.35 bits per heavy atom. The highest BCUT2D eigenvalue weighted by molar-refractivity contribution is 8.01. The molecule has 5 heteroatoms. The Morgan fingerprint density at radius 2 is 2.04 bits per heavy atom. The summed E-state index contributed by atoms with van der Waals surface area (Å²) in [6, 6.07) is 7.89. The molecule has 1 saturated carbocycles. The van der Waals surface area contributed by atoms with Crippen LogP contribution in [0.1, 0.15) is 37.8 Å². The molecular formula is C18H24N2O2S. The molecule has 2 N–H and O–H groups in total. The number of nitrogens with one attached hydrogen (secondary N) is 2. The summed E-state index contributed by atoms with van der Waals surface area (Å²) in [6.45, 7) is 5.89. The number of hydrogen-bond acceptors (Lipinski definition) is 3. The minimum absolute atomic E-state index is 0.0487. The quantitative estimate of drug-likeness (QED) is 0.889. The number of thioether (sulfide) groups is 1. The van der Waals surface area contributed by atoms with E-state index in [-0.39, 0.29) is 17.4 Å². The molecule has 2 aliphatic rings. The van der Waals surface area contributed by atoms with E-state index < -0.39 is 10.8 Å². The van der Waals surface area contributed by atoms with E-state index in [1.165, 1.54) is 11.1 Å². The molecule has 1 heterocycles. The first-order valence-electron chi connectivity index (χ1n) is 8.13. The molecule has 2 fully saturated rings. The van der Waals surface area contributed by atoms with Crippen molar-refractivity contribution in [3.8, 4) is 0 Å². The number of rotatable bonds is 4. The van der Waals surface area contributed by atoms with Gasteiger partial charge in [0.25, 0.3) is 0 Å². The molecule has 1 aromatic carbocycles. The second-order valence-corrected chi connectivity index (χ2v) is 8.86. The van der Waals surface area contributed by atoms with Crippen molar-refractivity contribution < 1.29 is 9.59 Å². The van der Waals surface area contributed by atoms with Gasteiger partial charge in [0.15, 0.2) is 0 Å². The zero-order valence-electron chi connectivity index (χ0n) is 13.9. The predicted octanol–water partition coefficient (Wildman–Crippen LogP) is 2.20. The molecule has 0 aromatic heterocycles. The highest BCUT2D eigenvalue weighted by Crippen LogP contribution is 2.39. The lowest BCUT2D eigenvalue weighted by Crippen LogP contribution is -2.58. The molecule has 1 aliphatic carbocycles. The van der Waals surface area contributed by atoms with Crippen LogP contribution in [0.15, 0.2) is 24.3 Å². The van der Waals surface area contributed by atoms with Crippen LogP contribution in [-0.4, -0.2) is 33.9 Å². The molecule has 4 nitrogen and oxygen atoms in total. The summed E-state index contributed by atoms with van der Waals surface area (Å²) < 4.78 is -0.449. The predicted molar refractivity (Wildman–Crippen MR) is 93.5 cm³/mol. The first-order chi connectivity index (χ1) is 10.8. The topological polar surface area (TPSA) is 58.2 Å². The zero-order chi connectivity index (χ0) is 16.7. The third kappa shape index (κ3) is 3.55. The standard InChI is InChI=1S/C18H24N2O2S/c1-12-6-4-5-7-13(12)10-18(8-9-18)20-15(21)14-11-23-17(2,3)16(22)19-14/h4-7,14H,8-11H2,1-3H3,(H,19,22)(H,20,21)/t14-/m0/s1. The molecule has 3 rings (SSSR count). The van der Waals surface area contributed by atoms with Crippen LogP contribution < -0.4 is 10.6 Å². The molecule has 23 heavy (non-hydrogen) atoms. The van der Waals surface area contributed by atoms with Crippen LogP contribution in [0.2, 0.25) is 0 Å². The maximum atomic E-state index is 12.5. The van der Waals surface area contributed by atoms with Crippen LogP contribution >= 0.6 is 11.8 Å². The van der Waals surface area contributed by atoms with Gasteiger partial charge in [0, 0.05) is 11.3 Å². The van der Waals surface area contributed by atoms with Gasteiger partial charge in [-0.05, 0) is 51.2 Å². The van der Waals surface area contributed by atoms with Crippen molar-refractivity contribution in [2.75, 3.05) is 5.75 Å². The van der Waals surface area contributed by atoms with Gasteiger partial charge in [-0.25, -0.2) is 0 Å². The van der Waals surface area contributed by atoms with Gasteiger partial charge in [0.2, 0.25) is 11.8 Å². The SMILES string of the molecule is Cc1ccccc1CC1(NC(=O)[C@@H]2CSC(C)(C)C(=O)N2)CC1. The van der Waals surface area contributed by atoms with Crippen molar-refractivity contribution in [2.24, 2.45) is 0 Å². The van der Waals surface area contributed by atoms with Gasteiger partial charge in [-0.2, -0.15) is 0 Å². The molecule has 1 saturated heterocycles. The summed E-state index contributed by atoms with van der Waals surface area (Å²) in [6.07, 6.45) is 2.88. The maximum Gasteiger partial charge on any atom is 0.243 e. The van der Waals surface area contributed by atoms with Crippen molar-refractivity contribution in [3.05, 3.63) is 35.4 Å². The van der Waals surface area contributed by atoms with E-state index in [2.05, 4.69) is 29.7 Å². The highest BCUT2D eigenvalue weighted by atomic mass is 32.2. The molecular weight excluding hydrogens is 308 g/mol. The second-order valence-electron chi connectivity index (χ2n) is 7.22. The van der Waals surface area contributed by atoms with Crippen LogP contribution in [-0.2, 0) is 16.0 Å². The van der Waals surface area contributed by atoms with Crippen LogP contribution in [0, 0.1) is 6.92 Å². The van der Waals surface area contributed by atoms with Gasteiger partial charge in [-0.15, -0.1) is 11.8 Å². The largest absolute Gasteiger partial charge is 0.349 e. The Hall–Kier alpha value is -1.49. The average molecular weight is 332 g/mol. The second kappa shape index (κ2) is 5.86. The van der Waals surface area contributed by atoms with Gasteiger partial charge >= 0.3 is 0 Å². The summed E-state index contributed by atoms with van der Waals surface area (Å²) in [5.74, 6) is 0.524. The van der Waals surface area contributed by atoms with Gasteiger partial charge < -0.3 is 10.6 Å². The summed E-state index contributed by atoms with van der Waals surface area (Å²) in [7, 11) is 0. The Labute approximate surface area is 141 Å². The van der Waals surface area contributed by atoms with E-state index in [4.69, 9.17) is 0 Å². The van der Waals surface area contributed by atoms with Crippen LogP contribution in [0.4, 0.5) is 0 Å². The molecule has 2 amide bonds. The van der Waals surface area contributed by atoms with E-state index in [1.54, 1.807) is 11.8 Å². The third-order valence-electron chi connectivity index (χ3n) is 4.81. The normalized spacial score (nSPS) is 24.7. The smallest absolute Gasteiger partial charge is 0.243 e. The Kier molecular flexibility index (Phi) is 4.17.